The smallest absolute Gasteiger partial charge is 0.290 e. The van der Waals surface area contributed by atoms with Crippen molar-refractivity contribution in [3.05, 3.63) is 93.8 Å². The molecule has 0 unspecified atom stereocenters. The first-order chi connectivity index (χ1) is 25.9. The zero-order chi connectivity index (χ0) is 39.8. The summed E-state index contributed by atoms with van der Waals surface area (Å²) >= 11 is 0. The molecule has 1 saturated heterocycles. The van der Waals surface area contributed by atoms with E-state index in [1.165, 1.54) is 12.3 Å². The van der Waals surface area contributed by atoms with E-state index in [0.29, 0.717) is 25.5 Å². The largest absolute Gasteiger partial charge is 0.366 e. The molecule has 1 aliphatic carbocycles. The molecular formula is C36H32F9N7O3. The number of nitrogens with zero attached hydrogens (tertiary/aromatic N) is 5. The van der Waals surface area contributed by atoms with Crippen molar-refractivity contribution in [3.63, 3.8) is 0 Å². The van der Waals surface area contributed by atoms with Crippen LogP contribution in [0.2, 0.25) is 0 Å². The van der Waals surface area contributed by atoms with Gasteiger partial charge in [-0.25, -0.2) is 40.7 Å². The number of carbonyl (C=O) groups excluding carboxylic acids is 3. The average molecular weight is 782 g/mol. The van der Waals surface area contributed by atoms with Gasteiger partial charge in [0, 0.05) is 69.1 Å². The zero-order valence-electron chi connectivity index (χ0n) is 28.7. The van der Waals surface area contributed by atoms with Gasteiger partial charge in [0.1, 0.15) is 35.4 Å². The average Bonchev–Trinajstić information content (AvgIpc) is 3.71. The molecule has 10 nitrogen and oxygen atoms in total. The van der Waals surface area contributed by atoms with E-state index in [1.807, 2.05) is 0 Å². The standard InChI is InChI=1S/C36H32F9N7O3/c37-21-11-18(12-22(38)15-21)10-20(13-23(53)17-52-31-28(30(50-52)32(40)41)35(42,43)5-6-36(31,44)45)29-25(19-3-4-26(39)24(14-19)33(46)55)16-48-34(49-29)47-7-9-51-8-1-2-27(51)54/h3-4,11-12,14-16,20,32H,1-2,5-10,13,17H2,(H2,46,55)(H,47,48,49)/t20-/m1/s1. The lowest BCUT2D eigenvalue weighted by Crippen LogP contribution is -2.33. The molecule has 6 rings (SSSR count). The van der Waals surface area contributed by atoms with Gasteiger partial charge in [-0.05, 0) is 48.2 Å². The number of fused-ring (bicyclic) bond motifs is 1. The van der Waals surface area contributed by atoms with Crippen molar-refractivity contribution in [1.82, 2.24) is 24.6 Å². The molecule has 3 N–H and O–H groups in total. The van der Waals surface area contributed by atoms with Gasteiger partial charge < -0.3 is 16.0 Å². The molecule has 4 aromatic rings. The lowest BCUT2D eigenvalue weighted by Gasteiger charge is -2.29. The summed E-state index contributed by atoms with van der Waals surface area (Å²) < 4.78 is 131. The number of rotatable bonds is 14. The number of halogens is 9. The Hall–Kier alpha value is -5.49. The normalized spacial score (nSPS) is 16.7. The quantitative estimate of drug-likeness (QED) is 0.135. The Morgan fingerprint density at radius 2 is 1.67 bits per heavy atom. The highest BCUT2D eigenvalue weighted by atomic mass is 19.3. The second-order valence-corrected chi connectivity index (χ2v) is 13.4. The fourth-order valence-electron chi connectivity index (χ4n) is 6.96. The Balaban J connectivity index is 1.42. The van der Waals surface area contributed by atoms with E-state index in [4.69, 9.17) is 5.73 Å². The van der Waals surface area contributed by atoms with Crippen molar-refractivity contribution >= 4 is 23.5 Å². The predicted molar refractivity (Wildman–Crippen MR) is 177 cm³/mol. The molecule has 2 aliphatic rings. The highest BCUT2D eigenvalue weighted by Crippen LogP contribution is 2.52. The van der Waals surface area contributed by atoms with Crippen molar-refractivity contribution < 1.29 is 53.9 Å². The van der Waals surface area contributed by atoms with Gasteiger partial charge in [0.05, 0.1) is 16.8 Å². The summed E-state index contributed by atoms with van der Waals surface area (Å²) in [6, 6.07) is 5.75. The van der Waals surface area contributed by atoms with E-state index in [2.05, 4.69) is 20.4 Å². The molecular weight excluding hydrogens is 749 g/mol. The van der Waals surface area contributed by atoms with Crippen LogP contribution in [0.4, 0.5) is 45.5 Å². The van der Waals surface area contributed by atoms with E-state index >= 15 is 8.78 Å². The summed E-state index contributed by atoms with van der Waals surface area (Å²) in [5.41, 5.74) is 0.183. The van der Waals surface area contributed by atoms with E-state index in [1.54, 1.807) is 4.90 Å². The number of primary amides is 1. The van der Waals surface area contributed by atoms with E-state index in [-0.39, 0.29) is 58.4 Å². The van der Waals surface area contributed by atoms with Gasteiger partial charge in [-0.1, -0.05) is 6.07 Å². The van der Waals surface area contributed by atoms with Gasteiger partial charge in [0.2, 0.25) is 11.9 Å². The highest BCUT2D eigenvalue weighted by molar-refractivity contribution is 5.94. The van der Waals surface area contributed by atoms with Gasteiger partial charge in [0.25, 0.3) is 24.2 Å². The lowest BCUT2D eigenvalue weighted by molar-refractivity contribution is -0.127. The maximum Gasteiger partial charge on any atom is 0.290 e. The molecule has 2 amide bonds. The molecule has 3 heterocycles. The van der Waals surface area contributed by atoms with Crippen molar-refractivity contribution in [2.75, 3.05) is 25.0 Å². The Labute approximate surface area is 306 Å². The molecule has 0 bridgehead atoms. The van der Waals surface area contributed by atoms with Gasteiger partial charge in [-0.15, -0.1) is 0 Å². The van der Waals surface area contributed by atoms with Gasteiger partial charge >= 0.3 is 0 Å². The van der Waals surface area contributed by atoms with Crippen LogP contribution in [-0.2, 0) is 34.4 Å². The van der Waals surface area contributed by atoms with Crippen LogP contribution in [0, 0.1) is 17.5 Å². The summed E-state index contributed by atoms with van der Waals surface area (Å²) in [4.78, 5) is 48.4. The van der Waals surface area contributed by atoms with Crippen molar-refractivity contribution in [2.45, 2.75) is 69.3 Å². The number of amides is 2. The molecule has 0 radical (unpaired) electrons. The van der Waals surface area contributed by atoms with Gasteiger partial charge in [0.15, 0.2) is 5.78 Å². The number of likely N-dealkylation sites (tertiary alicyclic amines) is 1. The van der Waals surface area contributed by atoms with E-state index < -0.39 is 102 Å². The van der Waals surface area contributed by atoms with Crippen LogP contribution in [0.15, 0.2) is 42.6 Å². The van der Waals surface area contributed by atoms with Gasteiger partial charge in [-0.2, -0.15) is 13.9 Å². The predicted octanol–water partition coefficient (Wildman–Crippen LogP) is 6.79. The second-order valence-electron chi connectivity index (χ2n) is 13.4. The third-order valence-electron chi connectivity index (χ3n) is 9.44. The Morgan fingerprint density at radius 1 is 0.964 bits per heavy atom. The third-order valence-corrected chi connectivity index (χ3v) is 9.44. The second kappa shape index (κ2) is 15.3. The minimum absolute atomic E-state index is 0.0125. The minimum Gasteiger partial charge on any atom is -0.366 e. The number of ketones is 1. The van der Waals surface area contributed by atoms with E-state index in [0.717, 1.165) is 24.3 Å². The number of nitrogens with one attached hydrogen (secondary N) is 1. The molecule has 1 fully saturated rings. The first kappa shape index (κ1) is 39.2. The van der Waals surface area contributed by atoms with Crippen LogP contribution in [0.1, 0.15) is 83.0 Å². The fraction of sp³-hybridized carbons (Fsp3) is 0.389. The Bertz CT molecular complexity index is 2120. The number of aromatic nitrogens is 4. The zero-order valence-corrected chi connectivity index (χ0v) is 28.7. The summed E-state index contributed by atoms with van der Waals surface area (Å²) in [7, 11) is 0. The van der Waals surface area contributed by atoms with Crippen molar-refractivity contribution in [3.8, 4) is 11.1 Å². The van der Waals surface area contributed by atoms with Crippen LogP contribution in [0.25, 0.3) is 11.1 Å². The first-order valence-corrected chi connectivity index (χ1v) is 17.0. The summed E-state index contributed by atoms with van der Waals surface area (Å²) in [5.74, 6) is -14.6. The molecule has 2 aromatic carbocycles. The number of Topliss-reactive ketones (excluding diaryl/α,β-unsaturated/α-hetero) is 1. The van der Waals surface area contributed by atoms with Crippen LogP contribution in [0.3, 0.4) is 0 Å². The Kier molecular flexibility index (Phi) is 10.9. The lowest BCUT2D eigenvalue weighted by atomic mass is 9.86. The topological polar surface area (TPSA) is 136 Å². The number of hydrogen-bond acceptors (Lipinski definition) is 7. The monoisotopic (exact) mass is 781 g/mol. The highest BCUT2D eigenvalue weighted by Gasteiger charge is 2.55. The van der Waals surface area contributed by atoms with Crippen molar-refractivity contribution in [1.29, 1.82) is 0 Å². The molecule has 0 saturated carbocycles. The number of hydrogen-bond donors (Lipinski definition) is 2. The molecule has 0 spiro atoms. The van der Waals surface area contributed by atoms with E-state index in [9.17, 15) is 45.1 Å². The summed E-state index contributed by atoms with van der Waals surface area (Å²) in [5, 5.41) is 6.29. The molecule has 1 atom stereocenters. The summed E-state index contributed by atoms with van der Waals surface area (Å²) in [6.45, 7) is -0.218. The van der Waals surface area contributed by atoms with Gasteiger partial charge in [-0.3, -0.25) is 19.1 Å². The number of benzene rings is 2. The molecule has 19 heteroatoms. The van der Waals surface area contributed by atoms with Crippen LogP contribution >= 0.6 is 0 Å². The van der Waals surface area contributed by atoms with Crippen molar-refractivity contribution in [2.24, 2.45) is 5.73 Å². The minimum atomic E-state index is -4.09. The first-order valence-electron chi connectivity index (χ1n) is 17.0. The third kappa shape index (κ3) is 8.44. The van der Waals surface area contributed by atoms with Crippen LogP contribution in [-0.4, -0.2) is 61.9 Å². The molecule has 55 heavy (non-hydrogen) atoms. The molecule has 292 valence electrons. The number of alkyl halides is 6. The SMILES string of the molecule is NC(=O)c1cc(-c2cnc(NCCN3CCCC3=O)nc2[C@@H](CC(=O)Cn2nc(C(F)F)c3c2C(F)(F)CCC3(F)F)Cc2cc(F)cc(F)c2)ccc1F. The van der Waals surface area contributed by atoms with Crippen LogP contribution in [0.5, 0.6) is 0 Å². The number of nitrogens with two attached hydrogens (primary N) is 1. The number of carbonyl (C=O) groups is 3. The molecule has 2 aromatic heterocycles. The maximum atomic E-state index is 15.1. The molecule has 1 aliphatic heterocycles. The number of anilines is 1. The van der Waals surface area contributed by atoms with Crippen LogP contribution < -0.4 is 11.1 Å². The maximum absolute atomic E-state index is 15.1. The fourth-order valence-corrected chi connectivity index (χ4v) is 6.96. The Morgan fingerprint density at radius 3 is 2.33 bits per heavy atom. The summed E-state index contributed by atoms with van der Waals surface area (Å²) in [6.07, 6.45) is -5.28.